The van der Waals surface area contributed by atoms with E-state index in [1.165, 1.54) is 56.1 Å². The average Bonchev–Trinajstić information content (AvgIpc) is 3.03. The fourth-order valence-corrected chi connectivity index (χ4v) is 4.62. The third-order valence-electron chi connectivity index (χ3n) is 6.93. The van der Waals surface area contributed by atoms with Gasteiger partial charge in [-0.1, -0.05) is 82.9 Å². The van der Waals surface area contributed by atoms with Gasteiger partial charge in [0.15, 0.2) is 0 Å². The Kier molecular flexibility index (Phi) is 10.1. The van der Waals surface area contributed by atoms with Crippen LogP contribution in [0.4, 0.5) is 5.69 Å². The van der Waals surface area contributed by atoms with Gasteiger partial charge in [0.05, 0.1) is 0 Å². The first-order valence-corrected chi connectivity index (χ1v) is 12.4. The predicted molar refractivity (Wildman–Crippen MR) is 131 cm³/mol. The fourth-order valence-electron chi connectivity index (χ4n) is 4.62. The van der Waals surface area contributed by atoms with Crippen molar-refractivity contribution in [2.75, 3.05) is 25.0 Å². The summed E-state index contributed by atoms with van der Waals surface area (Å²) in [7, 11) is 1.85. The van der Waals surface area contributed by atoms with Crippen molar-refractivity contribution in [3.05, 3.63) is 29.3 Å². The molecule has 0 bridgehead atoms. The van der Waals surface area contributed by atoms with E-state index in [0.717, 1.165) is 24.9 Å². The average molecular weight is 429 g/mol. The molecule has 2 rings (SSSR count). The maximum atomic E-state index is 13.1. The normalized spacial score (nSPS) is 17.6. The van der Waals surface area contributed by atoms with Crippen molar-refractivity contribution in [3.8, 4) is 0 Å². The number of carbonyl (C=O) groups excluding carboxylic acids is 2. The number of hydrogen-bond donors (Lipinski definition) is 0. The highest BCUT2D eigenvalue weighted by Gasteiger charge is 2.41. The minimum absolute atomic E-state index is 0.0874. The molecule has 0 fully saturated rings. The lowest BCUT2D eigenvalue weighted by atomic mass is 9.80. The molecule has 1 atom stereocenters. The summed E-state index contributed by atoms with van der Waals surface area (Å²) in [6.45, 7) is 9.63. The van der Waals surface area contributed by atoms with Crippen molar-refractivity contribution in [1.82, 2.24) is 4.90 Å². The number of amides is 2. The Hall–Kier alpha value is -1.84. The number of hydrogen-bond acceptors (Lipinski definition) is 2. The zero-order valence-corrected chi connectivity index (χ0v) is 20.6. The van der Waals surface area contributed by atoms with Crippen molar-refractivity contribution in [3.63, 3.8) is 0 Å². The maximum Gasteiger partial charge on any atom is 0.227 e. The van der Waals surface area contributed by atoms with Crippen LogP contribution in [-0.2, 0) is 15.0 Å². The highest BCUT2D eigenvalue weighted by molar-refractivity contribution is 5.96. The SMILES string of the molecule is CCCCCCCCCCCC(=O)N1CC(C)(CCN(C)C(C)=O)c2cc(C)ccc21. The van der Waals surface area contributed by atoms with E-state index in [0.29, 0.717) is 19.5 Å². The van der Waals surface area contributed by atoms with Gasteiger partial charge in [0.25, 0.3) is 0 Å². The molecule has 2 amide bonds. The summed E-state index contributed by atoms with van der Waals surface area (Å²) in [6.07, 6.45) is 12.9. The van der Waals surface area contributed by atoms with Crippen LogP contribution in [0.1, 0.15) is 103 Å². The number of carbonyl (C=O) groups is 2. The summed E-state index contributed by atoms with van der Waals surface area (Å²) in [5.74, 6) is 0.334. The molecule has 174 valence electrons. The van der Waals surface area contributed by atoms with E-state index >= 15 is 0 Å². The summed E-state index contributed by atoms with van der Waals surface area (Å²) in [6, 6.07) is 6.44. The molecule has 1 aliphatic heterocycles. The zero-order valence-electron chi connectivity index (χ0n) is 20.6. The van der Waals surface area contributed by atoms with E-state index in [2.05, 4.69) is 39.0 Å². The molecular formula is C27H44N2O2. The lowest BCUT2D eigenvalue weighted by Crippen LogP contribution is -2.38. The molecule has 4 heteroatoms. The first-order valence-electron chi connectivity index (χ1n) is 12.4. The summed E-state index contributed by atoms with van der Waals surface area (Å²) in [4.78, 5) is 28.5. The standard InChI is InChI=1S/C27H44N2O2/c1-6-7-8-9-10-11-12-13-14-15-26(31)29-21-27(4,18-19-28(5)23(3)30)24-20-22(2)16-17-25(24)29/h16-17,20H,6-15,18-19,21H2,1-5H3. The van der Waals surface area contributed by atoms with Gasteiger partial charge in [0.2, 0.25) is 11.8 Å². The number of nitrogens with zero attached hydrogens (tertiary/aromatic N) is 2. The second-order valence-electron chi connectivity index (χ2n) is 9.83. The van der Waals surface area contributed by atoms with Crippen molar-refractivity contribution in [2.24, 2.45) is 0 Å². The van der Waals surface area contributed by atoms with Crippen molar-refractivity contribution < 1.29 is 9.59 Å². The van der Waals surface area contributed by atoms with Crippen molar-refractivity contribution >= 4 is 17.5 Å². The van der Waals surface area contributed by atoms with Gasteiger partial charge < -0.3 is 9.80 Å². The molecule has 0 radical (unpaired) electrons. The fraction of sp³-hybridized carbons (Fsp3) is 0.704. The van der Waals surface area contributed by atoms with E-state index in [1.807, 2.05) is 11.9 Å². The van der Waals surface area contributed by atoms with Crippen LogP contribution in [0.2, 0.25) is 0 Å². The van der Waals surface area contributed by atoms with E-state index in [4.69, 9.17) is 0 Å². The van der Waals surface area contributed by atoms with Crippen LogP contribution >= 0.6 is 0 Å². The van der Waals surface area contributed by atoms with Gasteiger partial charge in [-0.25, -0.2) is 0 Å². The van der Waals surface area contributed by atoms with E-state index < -0.39 is 0 Å². The number of unbranched alkanes of at least 4 members (excludes halogenated alkanes) is 8. The lowest BCUT2D eigenvalue weighted by Gasteiger charge is -2.28. The van der Waals surface area contributed by atoms with Crippen LogP contribution in [-0.4, -0.2) is 36.9 Å². The van der Waals surface area contributed by atoms with Gasteiger partial charge in [-0.3, -0.25) is 9.59 Å². The minimum atomic E-state index is -0.112. The Morgan fingerprint density at radius 3 is 2.26 bits per heavy atom. The van der Waals surface area contributed by atoms with Gasteiger partial charge in [0.1, 0.15) is 0 Å². The largest absolute Gasteiger partial charge is 0.346 e. The Morgan fingerprint density at radius 2 is 1.65 bits per heavy atom. The molecule has 0 saturated heterocycles. The van der Waals surface area contributed by atoms with Crippen LogP contribution in [0.3, 0.4) is 0 Å². The number of anilines is 1. The Bertz CT molecular complexity index is 730. The highest BCUT2D eigenvalue weighted by Crippen LogP contribution is 2.43. The number of benzene rings is 1. The third kappa shape index (κ3) is 7.36. The first kappa shape index (κ1) is 25.4. The van der Waals surface area contributed by atoms with Gasteiger partial charge in [0, 0.05) is 44.6 Å². The molecule has 1 aliphatic rings. The van der Waals surface area contributed by atoms with Crippen LogP contribution in [0.15, 0.2) is 18.2 Å². The molecule has 1 aromatic rings. The number of aryl methyl sites for hydroxylation is 1. The van der Waals surface area contributed by atoms with Crippen LogP contribution < -0.4 is 4.90 Å². The smallest absolute Gasteiger partial charge is 0.227 e. The molecule has 1 heterocycles. The van der Waals surface area contributed by atoms with Gasteiger partial charge >= 0.3 is 0 Å². The molecular weight excluding hydrogens is 384 g/mol. The van der Waals surface area contributed by atoms with Crippen LogP contribution in [0, 0.1) is 6.92 Å². The zero-order chi connectivity index (χ0) is 22.9. The van der Waals surface area contributed by atoms with E-state index in [1.54, 1.807) is 11.8 Å². The molecule has 4 nitrogen and oxygen atoms in total. The molecule has 0 saturated carbocycles. The quantitative estimate of drug-likeness (QED) is 0.342. The van der Waals surface area contributed by atoms with Gasteiger partial charge in [-0.2, -0.15) is 0 Å². The minimum Gasteiger partial charge on any atom is -0.346 e. The lowest BCUT2D eigenvalue weighted by molar-refractivity contribution is -0.127. The third-order valence-corrected chi connectivity index (χ3v) is 6.93. The number of fused-ring (bicyclic) bond motifs is 1. The molecule has 0 N–H and O–H groups in total. The topological polar surface area (TPSA) is 40.6 Å². The predicted octanol–water partition coefficient (Wildman–Crippen LogP) is 6.39. The molecule has 0 aliphatic carbocycles. The van der Waals surface area contributed by atoms with Gasteiger partial charge in [-0.05, 0) is 31.4 Å². The van der Waals surface area contributed by atoms with Gasteiger partial charge in [-0.15, -0.1) is 0 Å². The molecule has 1 unspecified atom stereocenters. The first-order chi connectivity index (χ1) is 14.8. The summed E-state index contributed by atoms with van der Waals surface area (Å²) < 4.78 is 0. The van der Waals surface area contributed by atoms with Crippen molar-refractivity contribution in [1.29, 1.82) is 0 Å². The summed E-state index contributed by atoms with van der Waals surface area (Å²) in [5, 5.41) is 0. The molecule has 0 aromatic heterocycles. The second-order valence-corrected chi connectivity index (χ2v) is 9.83. The summed E-state index contributed by atoms with van der Waals surface area (Å²) >= 11 is 0. The Morgan fingerprint density at radius 1 is 1.03 bits per heavy atom. The molecule has 0 spiro atoms. The van der Waals surface area contributed by atoms with E-state index in [9.17, 15) is 9.59 Å². The highest BCUT2D eigenvalue weighted by atomic mass is 16.2. The number of rotatable bonds is 13. The maximum absolute atomic E-state index is 13.1. The Labute approximate surface area is 190 Å². The molecule has 31 heavy (non-hydrogen) atoms. The van der Waals surface area contributed by atoms with Crippen LogP contribution in [0.5, 0.6) is 0 Å². The summed E-state index contributed by atoms with van der Waals surface area (Å²) in [5.41, 5.74) is 3.43. The molecule has 1 aromatic carbocycles. The van der Waals surface area contributed by atoms with Crippen molar-refractivity contribution in [2.45, 2.75) is 104 Å². The second kappa shape index (κ2) is 12.3. The monoisotopic (exact) mass is 428 g/mol. The van der Waals surface area contributed by atoms with E-state index in [-0.39, 0.29) is 17.2 Å². The Balaban J connectivity index is 1.88. The van der Waals surface area contributed by atoms with Crippen LogP contribution in [0.25, 0.3) is 0 Å².